The van der Waals surface area contributed by atoms with E-state index in [0.29, 0.717) is 4.47 Å². The molecule has 0 saturated heterocycles. The maximum absolute atomic E-state index is 11.0. The fourth-order valence-corrected chi connectivity index (χ4v) is 2.20. The molecule has 0 aromatic heterocycles. The Balaban J connectivity index is 2.78. The van der Waals surface area contributed by atoms with Crippen LogP contribution in [0.1, 0.15) is 6.92 Å². The molecule has 0 bridgehead atoms. The summed E-state index contributed by atoms with van der Waals surface area (Å²) in [5.74, 6) is -0.450. The second-order valence-electron chi connectivity index (χ2n) is 3.46. The van der Waals surface area contributed by atoms with Crippen LogP contribution in [0.3, 0.4) is 0 Å². The first-order valence-corrected chi connectivity index (χ1v) is 6.72. The van der Waals surface area contributed by atoms with E-state index >= 15 is 0 Å². The molecule has 0 unspecified atom stereocenters. The zero-order valence-electron chi connectivity index (χ0n) is 10.5. The Morgan fingerprint density at radius 2 is 2.25 bits per heavy atom. The molecule has 0 aliphatic carbocycles. The number of nitro benzene ring substituents is 1. The normalized spacial score (nSPS) is 10.6. The summed E-state index contributed by atoms with van der Waals surface area (Å²) in [6.07, 6.45) is 2.60. The molecule has 0 spiro atoms. The highest BCUT2D eigenvalue weighted by molar-refractivity contribution is 9.10. The molecule has 0 aliphatic heterocycles. The van der Waals surface area contributed by atoms with Gasteiger partial charge in [-0.2, -0.15) is 0 Å². The fraction of sp³-hybridized carbons (Fsp3) is 0.250. The summed E-state index contributed by atoms with van der Waals surface area (Å²) in [7, 11) is 0. The lowest BCUT2D eigenvalue weighted by atomic mass is 10.3. The molecule has 8 heteroatoms. The minimum absolute atomic E-state index is 0.0140. The van der Waals surface area contributed by atoms with Crippen LogP contribution >= 0.6 is 27.5 Å². The van der Waals surface area contributed by atoms with Gasteiger partial charge in [-0.25, -0.2) is 4.79 Å². The topological polar surface area (TPSA) is 78.7 Å². The summed E-state index contributed by atoms with van der Waals surface area (Å²) in [5, 5.41) is 11.1. The van der Waals surface area contributed by atoms with Gasteiger partial charge in [0.2, 0.25) is 5.75 Å². The predicted molar refractivity (Wildman–Crippen MR) is 77.1 cm³/mol. The van der Waals surface area contributed by atoms with Crippen LogP contribution in [0.15, 0.2) is 28.8 Å². The number of nitro groups is 1. The van der Waals surface area contributed by atoms with Gasteiger partial charge in [0.25, 0.3) is 0 Å². The summed E-state index contributed by atoms with van der Waals surface area (Å²) in [5.41, 5.74) is -0.256. The highest BCUT2D eigenvalue weighted by Crippen LogP contribution is 2.37. The lowest BCUT2D eigenvalue weighted by molar-refractivity contribution is -0.385. The van der Waals surface area contributed by atoms with Crippen molar-refractivity contribution < 1.29 is 19.2 Å². The number of rotatable bonds is 6. The van der Waals surface area contributed by atoms with E-state index in [1.54, 1.807) is 6.92 Å². The van der Waals surface area contributed by atoms with Crippen LogP contribution in [0.5, 0.6) is 5.75 Å². The number of hydrogen-bond acceptors (Lipinski definition) is 5. The lowest BCUT2D eigenvalue weighted by Gasteiger charge is -2.07. The van der Waals surface area contributed by atoms with E-state index in [1.807, 2.05) is 0 Å². The number of benzene rings is 1. The van der Waals surface area contributed by atoms with Crippen molar-refractivity contribution in [3.63, 3.8) is 0 Å². The predicted octanol–water partition coefficient (Wildman–Crippen LogP) is 3.51. The van der Waals surface area contributed by atoms with Crippen LogP contribution in [-0.2, 0) is 9.53 Å². The van der Waals surface area contributed by atoms with Crippen molar-refractivity contribution in [3.8, 4) is 5.75 Å². The zero-order chi connectivity index (χ0) is 15.1. The molecule has 0 heterocycles. The Bertz CT molecular complexity index is 547. The van der Waals surface area contributed by atoms with Crippen LogP contribution in [0.4, 0.5) is 5.69 Å². The first-order chi connectivity index (χ1) is 9.45. The van der Waals surface area contributed by atoms with E-state index in [0.717, 1.165) is 0 Å². The quantitative estimate of drug-likeness (QED) is 0.334. The molecule has 1 aromatic rings. The van der Waals surface area contributed by atoms with Gasteiger partial charge in [-0.15, -0.1) is 0 Å². The number of carbonyl (C=O) groups excluding carboxylic acids is 1. The number of hydrogen-bond donors (Lipinski definition) is 0. The number of carbonyl (C=O) groups is 1. The van der Waals surface area contributed by atoms with E-state index in [4.69, 9.17) is 16.3 Å². The second kappa shape index (κ2) is 7.86. The molecule has 0 N–H and O–H groups in total. The van der Waals surface area contributed by atoms with Gasteiger partial charge in [-0.05, 0) is 35.0 Å². The highest BCUT2D eigenvalue weighted by Gasteiger charge is 2.19. The van der Waals surface area contributed by atoms with Crippen molar-refractivity contribution in [1.82, 2.24) is 0 Å². The summed E-state index contributed by atoms with van der Waals surface area (Å²) >= 11 is 8.88. The molecule has 0 atom stereocenters. The van der Waals surface area contributed by atoms with Crippen LogP contribution in [-0.4, -0.2) is 24.1 Å². The highest BCUT2D eigenvalue weighted by atomic mass is 79.9. The third kappa shape index (κ3) is 4.82. The van der Waals surface area contributed by atoms with Crippen molar-refractivity contribution in [3.05, 3.63) is 43.9 Å². The van der Waals surface area contributed by atoms with Gasteiger partial charge in [0.15, 0.2) is 0 Å². The van der Waals surface area contributed by atoms with Gasteiger partial charge in [0.05, 0.1) is 16.0 Å². The second-order valence-corrected chi connectivity index (χ2v) is 4.75. The van der Waals surface area contributed by atoms with Gasteiger partial charge in [0.1, 0.15) is 6.61 Å². The summed E-state index contributed by atoms with van der Waals surface area (Å²) < 4.78 is 10.3. The van der Waals surface area contributed by atoms with Crippen LogP contribution in [0, 0.1) is 10.1 Å². The van der Waals surface area contributed by atoms with Crippen LogP contribution in [0.2, 0.25) is 5.02 Å². The van der Waals surface area contributed by atoms with Crippen molar-refractivity contribution in [1.29, 1.82) is 0 Å². The van der Waals surface area contributed by atoms with E-state index < -0.39 is 10.9 Å². The molecule has 0 radical (unpaired) electrons. The fourth-order valence-electron chi connectivity index (χ4n) is 1.29. The Morgan fingerprint density at radius 3 is 2.85 bits per heavy atom. The number of ether oxygens (including phenoxy) is 2. The molecular formula is C12H11BrClNO5. The molecule has 0 fully saturated rings. The Kier molecular flexibility index (Phi) is 6.47. The average Bonchev–Trinajstić information content (AvgIpc) is 2.36. The molecule has 0 amide bonds. The maximum atomic E-state index is 11.0. The van der Waals surface area contributed by atoms with Crippen molar-refractivity contribution in [2.45, 2.75) is 6.92 Å². The van der Waals surface area contributed by atoms with Crippen molar-refractivity contribution in [2.75, 3.05) is 13.2 Å². The molecule has 20 heavy (non-hydrogen) atoms. The van der Waals surface area contributed by atoms with Gasteiger partial charge < -0.3 is 9.47 Å². The zero-order valence-corrected chi connectivity index (χ0v) is 12.8. The minimum atomic E-state index is -0.596. The van der Waals surface area contributed by atoms with Gasteiger partial charge in [-0.3, -0.25) is 10.1 Å². The molecule has 6 nitrogen and oxygen atoms in total. The summed E-state index contributed by atoms with van der Waals surface area (Å²) in [4.78, 5) is 21.4. The molecule has 1 aromatic carbocycles. The Labute approximate surface area is 128 Å². The van der Waals surface area contributed by atoms with Gasteiger partial charge >= 0.3 is 11.7 Å². The van der Waals surface area contributed by atoms with Crippen LogP contribution < -0.4 is 4.74 Å². The maximum Gasteiger partial charge on any atom is 0.330 e. The third-order valence-corrected chi connectivity index (χ3v) is 2.86. The SMILES string of the molecule is CCOC(=O)/C=C/COc1c(Br)cc(Cl)cc1[N+](=O)[O-]. The summed E-state index contributed by atoms with van der Waals surface area (Å²) in [6.45, 7) is 1.95. The largest absolute Gasteiger partial charge is 0.482 e. The van der Waals surface area contributed by atoms with E-state index in [2.05, 4.69) is 20.7 Å². The molecule has 0 aliphatic rings. The van der Waals surface area contributed by atoms with E-state index in [1.165, 1.54) is 24.3 Å². The first kappa shape index (κ1) is 16.5. The number of halogens is 2. The standard InChI is InChI=1S/C12H11BrClNO5/c1-2-19-11(16)4-3-5-20-12-9(13)6-8(14)7-10(12)15(17)18/h3-4,6-7H,2,5H2,1H3/b4-3+. The van der Waals surface area contributed by atoms with Crippen molar-refractivity contribution in [2.24, 2.45) is 0 Å². The Hall–Kier alpha value is -1.60. The molecule has 108 valence electrons. The van der Waals surface area contributed by atoms with E-state index in [9.17, 15) is 14.9 Å². The third-order valence-electron chi connectivity index (χ3n) is 2.05. The summed E-state index contributed by atoms with van der Waals surface area (Å²) in [6, 6.07) is 2.68. The smallest absolute Gasteiger partial charge is 0.330 e. The van der Waals surface area contributed by atoms with Crippen molar-refractivity contribution >= 4 is 39.2 Å². The minimum Gasteiger partial charge on any atom is -0.482 e. The Morgan fingerprint density at radius 1 is 1.55 bits per heavy atom. The van der Waals surface area contributed by atoms with Crippen LogP contribution in [0.25, 0.3) is 0 Å². The molecular weight excluding hydrogens is 353 g/mol. The van der Waals surface area contributed by atoms with Gasteiger partial charge in [0, 0.05) is 17.2 Å². The molecule has 1 rings (SSSR count). The van der Waals surface area contributed by atoms with E-state index in [-0.39, 0.29) is 29.7 Å². The average molecular weight is 365 g/mol. The van der Waals surface area contributed by atoms with Gasteiger partial charge in [-0.1, -0.05) is 11.6 Å². The first-order valence-electron chi connectivity index (χ1n) is 5.55. The lowest BCUT2D eigenvalue weighted by Crippen LogP contribution is -2.02. The number of nitrogens with zero attached hydrogens (tertiary/aromatic N) is 1. The monoisotopic (exact) mass is 363 g/mol. The molecule has 0 saturated carbocycles. The number of esters is 1.